The van der Waals surface area contributed by atoms with E-state index in [1.807, 2.05) is 0 Å². The van der Waals surface area contributed by atoms with Crippen LogP contribution in [0.5, 0.6) is 11.5 Å². The lowest BCUT2D eigenvalue weighted by atomic mass is 10.0. The van der Waals surface area contributed by atoms with Gasteiger partial charge in [0.2, 0.25) is 6.79 Å². The number of nitrogens with zero attached hydrogens (tertiary/aromatic N) is 1. The van der Waals surface area contributed by atoms with Gasteiger partial charge in [0.1, 0.15) is 0 Å². The molecule has 1 aromatic heterocycles. The normalized spacial score (nSPS) is 14.7. The van der Waals surface area contributed by atoms with Gasteiger partial charge in [0, 0.05) is 17.8 Å². The molecule has 3 heterocycles. The Hall–Kier alpha value is -2.76. The highest BCUT2D eigenvalue weighted by molar-refractivity contribution is 5.92. The Morgan fingerprint density at radius 2 is 2.04 bits per heavy atom. The molecule has 118 valence electrons. The summed E-state index contributed by atoms with van der Waals surface area (Å²) in [5, 5.41) is 0. The molecular weight excluding hydrogens is 298 g/mol. The number of pyridine rings is 1. The number of esters is 1. The minimum absolute atomic E-state index is 0.0935. The van der Waals surface area contributed by atoms with E-state index >= 15 is 0 Å². The quantitative estimate of drug-likeness (QED) is 0.793. The van der Waals surface area contributed by atoms with E-state index in [4.69, 9.17) is 14.2 Å². The Kier molecular flexibility index (Phi) is 3.11. The maximum Gasteiger partial charge on any atom is 0.339 e. The largest absolute Gasteiger partial charge is 0.465 e. The minimum Gasteiger partial charge on any atom is -0.465 e. The van der Waals surface area contributed by atoms with Crippen LogP contribution in [0.3, 0.4) is 0 Å². The van der Waals surface area contributed by atoms with Crippen LogP contribution < -0.4 is 15.0 Å². The number of methoxy groups -OCH3 is 1. The molecule has 1 aromatic carbocycles. The fraction of sp³-hybridized carbons (Fsp3) is 0.294. The van der Waals surface area contributed by atoms with E-state index in [0.717, 1.165) is 12.1 Å². The van der Waals surface area contributed by atoms with E-state index in [1.165, 1.54) is 7.11 Å². The van der Waals surface area contributed by atoms with Crippen molar-refractivity contribution in [2.45, 2.75) is 19.4 Å². The van der Waals surface area contributed by atoms with Crippen molar-refractivity contribution < 1.29 is 19.0 Å². The number of ether oxygens (including phenoxy) is 3. The molecule has 4 rings (SSSR count). The van der Waals surface area contributed by atoms with Gasteiger partial charge in [-0.05, 0) is 36.6 Å². The van der Waals surface area contributed by atoms with Crippen molar-refractivity contribution in [2.24, 2.45) is 0 Å². The summed E-state index contributed by atoms with van der Waals surface area (Å²) in [6.45, 7) is 0.798. The first-order valence-electron chi connectivity index (χ1n) is 7.44. The molecule has 0 unspecified atom stereocenters. The lowest BCUT2D eigenvalue weighted by Gasteiger charge is -2.12. The number of hydrogen-bond donors (Lipinski definition) is 0. The first kappa shape index (κ1) is 13.9. The van der Waals surface area contributed by atoms with Crippen LogP contribution in [0.1, 0.15) is 22.5 Å². The van der Waals surface area contributed by atoms with Crippen LogP contribution in [0.4, 0.5) is 0 Å². The van der Waals surface area contributed by atoms with Gasteiger partial charge in [-0.15, -0.1) is 0 Å². The molecule has 0 N–H and O–H groups in total. The number of benzene rings is 1. The van der Waals surface area contributed by atoms with Gasteiger partial charge in [0.05, 0.1) is 12.7 Å². The van der Waals surface area contributed by atoms with E-state index in [0.29, 0.717) is 41.2 Å². The summed E-state index contributed by atoms with van der Waals surface area (Å²) in [7, 11) is 1.35. The van der Waals surface area contributed by atoms with Gasteiger partial charge in [-0.1, -0.05) is 6.07 Å². The van der Waals surface area contributed by atoms with Crippen molar-refractivity contribution in [3.8, 4) is 22.6 Å². The van der Waals surface area contributed by atoms with E-state index in [1.54, 1.807) is 28.8 Å². The lowest BCUT2D eigenvalue weighted by Crippen LogP contribution is -2.24. The van der Waals surface area contributed by atoms with E-state index in [-0.39, 0.29) is 12.4 Å². The Morgan fingerprint density at radius 3 is 2.87 bits per heavy atom. The summed E-state index contributed by atoms with van der Waals surface area (Å²) in [6.07, 6.45) is 1.56. The number of fused-ring (bicyclic) bond motifs is 2. The molecule has 6 heteroatoms. The summed E-state index contributed by atoms with van der Waals surface area (Å²) < 4.78 is 17.2. The Labute approximate surface area is 132 Å². The molecule has 23 heavy (non-hydrogen) atoms. The zero-order valence-corrected chi connectivity index (χ0v) is 12.6. The van der Waals surface area contributed by atoms with Crippen molar-refractivity contribution in [1.82, 2.24) is 4.57 Å². The predicted molar refractivity (Wildman–Crippen MR) is 81.9 cm³/mol. The second-order valence-corrected chi connectivity index (χ2v) is 5.54. The van der Waals surface area contributed by atoms with Gasteiger partial charge in [-0.25, -0.2) is 4.79 Å². The molecule has 0 bridgehead atoms. The average molecular weight is 313 g/mol. The van der Waals surface area contributed by atoms with Gasteiger partial charge in [0.15, 0.2) is 11.5 Å². The summed E-state index contributed by atoms with van der Waals surface area (Å²) >= 11 is 0. The number of carbonyl (C=O) groups excluding carboxylic acids is 1. The first-order chi connectivity index (χ1) is 11.2. The maximum atomic E-state index is 12.8. The minimum atomic E-state index is -0.419. The van der Waals surface area contributed by atoms with Crippen LogP contribution in [-0.2, 0) is 17.7 Å². The molecule has 0 aliphatic carbocycles. The number of rotatable bonds is 2. The van der Waals surface area contributed by atoms with E-state index < -0.39 is 5.97 Å². The van der Waals surface area contributed by atoms with Crippen LogP contribution in [-0.4, -0.2) is 24.4 Å². The standard InChI is InChI=1S/C17H15NO5/c1-21-17(20)12-8-11(16(19)18-6-2-3-13(12)18)10-4-5-14-15(7-10)23-9-22-14/h4-5,7-8H,2-3,6,9H2,1H3. The molecule has 6 nitrogen and oxygen atoms in total. The highest BCUT2D eigenvalue weighted by atomic mass is 16.7. The molecule has 0 amide bonds. The predicted octanol–water partition coefficient (Wildman–Crippen LogP) is 1.98. The highest BCUT2D eigenvalue weighted by Crippen LogP contribution is 2.35. The van der Waals surface area contributed by atoms with Crippen molar-refractivity contribution in [3.05, 3.63) is 45.9 Å². The number of carbonyl (C=O) groups is 1. The monoisotopic (exact) mass is 313 g/mol. The van der Waals surface area contributed by atoms with Crippen LogP contribution in [0, 0.1) is 0 Å². The number of aromatic nitrogens is 1. The third-order valence-corrected chi connectivity index (χ3v) is 4.29. The fourth-order valence-corrected chi connectivity index (χ4v) is 3.17. The van der Waals surface area contributed by atoms with Gasteiger partial charge in [0.25, 0.3) is 5.56 Å². The fourth-order valence-electron chi connectivity index (χ4n) is 3.17. The molecule has 0 fully saturated rings. The van der Waals surface area contributed by atoms with Crippen LogP contribution in [0.2, 0.25) is 0 Å². The van der Waals surface area contributed by atoms with Crippen LogP contribution in [0.25, 0.3) is 11.1 Å². The average Bonchev–Trinajstić information content (AvgIpc) is 3.23. The van der Waals surface area contributed by atoms with Crippen molar-refractivity contribution in [2.75, 3.05) is 13.9 Å². The molecule has 2 aliphatic heterocycles. The maximum absolute atomic E-state index is 12.8. The summed E-state index contributed by atoms with van der Waals surface area (Å²) in [6, 6.07) is 6.96. The molecule has 0 atom stereocenters. The summed E-state index contributed by atoms with van der Waals surface area (Å²) in [4.78, 5) is 24.8. The van der Waals surface area contributed by atoms with E-state index in [2.05, 4.69) is 0 Å². The number of hydrogen-bond acceptors (Lipinski definition) is 5. The Morgan fingerprint density at radius 1 is 1.22 bits per heavy atom. The van der Waals surface area contributed by atoms with Gasteiger partial charge in [-0.3, -0.25) is 4.79 Å². The summed E-state index contributed by atoms with van der Waals surface area (Å²) in [5.74, 6) is 0.841. The highest BCUT2D eigenvalue weighted by Gasteiger charge is 2.24. The lowest BCUT2D eigenvalue weighted by molar-refractivity contribution is 0.0598. The van der Waals surface area contributed by atoms with Crippen molar-refractivity contribution in [3.63, 3.8) is 0 Å². The Bertz CT molecular complexity index is 868. The zero-order valence-electron chi connectivity index (χ0n) is 12.6. The smallest absolute Gasteiger partial charge is 0.339 e. The molecule has 2 aliphatic rings. The van der Waals surface area contributed by atoms with E-state index in [9.17, 15) is 9.59 Å². The van der Waals surface area contributed by atoms with Gasteiger partial charge < -0.3 is 18.8 Å². The molecule has 2 aromatic rings. The summed E-state index contributed by atoms with van der Waals surface area (Å²) in [5.41, 5.74) is 2.29. The van der Waals surface area contributed by atoms with Crippen molar-refractivity contribution in [1.29, 1.82) is 0 Å². The third-order valence-electron chi connectivity index (χ3n) is 4.29. The first-order valence-corrected chi connectivity index (χ1v) is 7.44. The second kappa shape index (κ2) is 5.15. The molecule has 0 saturated heterocycles. The van der Waals surface area contributed by atoms with Crippen molar-refractivity contribution >= 4 is 5.97 Å². The molecule has 0 saturated carbocycles. The third kappa shape index (κ3) is 2.10. The molecule has 0 radical (unpaired) electrons. The van der Waals surface area contributed by atoms with Gasteiger partial charge in [-0.2, -0.15) is 0 Å². The SMILES string of the molecule is COC(=O)c1cc(-c2ccc3c(c2)OCO3)c(=O)n2c1CCC2. The topological polar surface area (TPSA) is 66.8 Å². The molecular formula is C17H15NO5. The second-order valence-electron chi connectivity index (χ2n) is 5.54. The Balaban J connectivity index is 1.92. The molecule has 0 spiro atoms. The van der Waals surface area contributed by atoms with Crippen LogP contribution in [0.15, 0.2) is 29.1 Å². The van der Waals surface area contributed by atoms with Crippen LogP contribution >= 0.6 is 0 Å². The zero-order chi connectivity index (χ0) is 16.0. The van der Waals surface area contributed by atoms with Gasteiger partial charge >= 0.3 is 5.97 Å².